The maximum absolute atomic E-state index is 12.6. The number of carbonyl (C=O) groups is 1. The summed E-state index contributed by atoms with van der Waals surface area (Å²) in [6.45, 7) is -0.832. The highest BCUT2D eigenvalue weighted by Crippen LogP contribution is 2.30. The molecular formula is C26H23ClF2O5. The second kappa shape index (κ2) is 11.5. The fourth-order valence-corrected chi connectivity index (χ4v) is 3.45. The zero-order chi connectivity index (χ0) is 24.7. The maximum Gasteiger partial charge on any atom is 0.387 e. The molecule has 3 aromatic carbocycles. The number of hydrogen-bond acceptors (Lipinski definition) is 5. The lowest BCUT2D eigenvalue weighted by molar-refractivity contribution is -0.0512. The molecule has 0 spiro atoms. The van der Waals surface area contributed by atoms with E-state index < -0.39 is 6.61 Å². The van der Waals surface area contributed by atoms with E-state index in [1.54, 1.807) is 37.5 Å². The van der Waals surface area contributed by atoms with Crippen molar-refractivity contribution in [3.63, 3.8) is 0 Å². The number of methoxy groups -OCH3 is 2. The number of rotatable bonds is 10. The van der Waals surface area contributed by atoms with Crippen molar-refractivity contribution in [3.8, 4) is 23.0 Å². The van der Waals surface area contributed by atoms with E-state index in [0.29, 0.717) is 16.5 Å². The molecule has 3 rings (SSSR count). The highest BCUT2D eigenvalue weighted by atomic mass is 35.5. The third-order valence-corrected chi connectivity index (χ3v) is 5.15. The molecule has 0 radical (unpaired) electrons. The number of benzene rings is 3. The molecule has 34 heavy (non-hydrogen) atoms. The van der Waals surface area contributed by atoms with Gasteiger partial charge in [0.25, 0.3) is 0 Å². The van der Waals surface area contributed by atoms with Gasteiger partial charge in [0.15, 0.2) is 17.3 Å². The molecule has 0 unspecified atom stereocenters. The van der Waals surface area contributed by atoms with Gasteiger partial charge in [-0.1, -0.05) is 23.7 Å². The number of ether oxygens (including phenoxy) is 4. The van der Waals surface area contributed by atoms with E-state index in [9.17, 15) is 13.6 Å². The summed E-state index contributed by atoms with van der Waals surface area (Å²) >= 11 is 6.00. The van der Waals surface area contributed by atoms with Crippen molar-refractivity contribution in [3.05, 3.63) is 87.9 Å². The third-order valence-electron chi connectivity index (χ3n) is 4.92. The minimum Gasteiger partial charge on any atom is -0.496 e. The van der Waals surface area contributed by atoms with Gasteiger partial charge in [0.1, 0.15) is 18.1 Å². The van der Waals surface area contributed by atoms with Crippen LogP contribution in [0.5, 0.6) is 23.0 Å². The Balaban J connectivity index is 1.76. The molecule has 178 valence electrons. The van der Waals surface area contributed by atoms with Gasteiger partial charge in [0.05, 0.1) is 14.2 Å². The summed E-state index contributed by atoms with van der Waals surface area (Å²) < 4.78 is 45.8. The van der Waals surface area contributed by atoms with Crippen molar-refractivity contribution < 1.29 is 32.5 Å². The lowest BCUT2D eigenvalue weighted by Crippen LogP contribution is -2.04. The van der Waals surface area contributed by atoms with E-state index in [1.165, 1.54) is 31.4 Å². The molecule has 0 aliphatic rings. The molecule has 0 saturated heterocycles. The van der Waals surface area contributed by atoms with Crippen molar-refractivity contribution in [1.29, 1.82) is 0 Å². The van der Waals surface area contributed by atoms with Crippen molar-refractivity contribution in [1.82, 2.24) is 0 Å². The van der Waals surface area contributed by atoms with Gasteiger partial charge >= 0.3 is 6.61 Å². The van der Waals surface area contributed by atoms with Crippen LogP contribution in [0.15, 0.2) is 60.7 Å². The first-order valence-corrected chi connectivity index (χ1v) is 10.6. The molecule has 0 saturated carbocycles. The summed E-state index contributed by atoms with van der Waals surface area (Å²) in [7, 11) is 2.88. The highest BCUT2D eigenvalue weighted by molar-refractivity contribution is 6.30. The predicted molar refractivity (Wildman–Crippen MR) is 127 cm³/mol. The smallest absolute Gasteiger partial charge is 0.387 e. The Morgan fingerprint density at radius 2 is 1.65 bits per heavy atom. The number of hydrogen-bond donors (Lipinski definition) is 0. The molecule has 0 aromatic heterocycles. The van der Waals surface area contributed by atoms with Crippen LogP contribution in [0.1, 0.15) is 27.0 Å². The maximum atomic E-state index is 12.6. The van der Waals surface area contributed by atoms with Gasteiger partial charge in [0.2, 0.25) is 0 Å². The van der Waals surface area contributed by atoms with Gasteiger partial charge < -0.3 is 18.9 Å². The van der Waals surface area contributed by atoms with Crippen LogP contribution in [-0.2, 0) is 6.61 Å². The standard InChI is InChI=1S/C26H23ClF2O5/c1-16-12-20(27)7-11-22(16)33-15-19-13-17(5-9-23(19)31-2)4-8-21(30)18-6-10-24(34-26(28)29)25(14-18)32-3/h4-14,26H,15H2,1-3H3/b8-4+. The predicted octanol–water partition coefficient (Wildman–Crippen LogP) is 6.74. The van der Waals surface area contributed by atoms with Crippen molar-refractivity contribution in [2.45, 2.75) is 20.1 Å². The largest absolute Gasteiger partial charge is 0.496 e. The second-order valence-electron chi connectivity index (χ2n) is 7.21. The van der Waals surface area contributed by atoms with Gasteiger partial charge in [-0.15, -0.1) is 0 Å². The molecule has 8 heteroatoms. The lowest BCUT2D eigenvalue weighted by Gasteiger charge is -2.13. The summed E-state index contributed by atoms with van der Waals surface area (Å²) in [6, 6.07) is 14.9. The van der Waals surface area contributed by atoms with E-state index in [4.69, 9.17) is 25.8 Å². The summed E-state index contributed by atoms with van der Waals surface area (Å²) in [5.74, 6) is 0.923. The van der Waals surface area contributed by atoms with Crippen LogP contribution in [-0.4, -0.2) is 26.6 Å². The monoisotopic (exact) mass is 488 g/mol. The molecule has 3 aromatic rings. The summed E-state index contributed by atoms with van der Waals surface area (Å²) in [5.41, 5.74) is 2.73. The van der Waals surface area contributed by atoms with E-state index in [0.717, 1.165) is 16.7 Å². The molecule has 0 amide bonds. The lowest BCUT2D eigenvalue weighted by atomic mass is 10.1. The molecule has 0 aliphatic heterocycles. The quantitative estimate of drug-likeness (QED) is 0.233. The minimum absolute atomic E-state index is 0.0425. The van der Waals surface area contributed by atoms with Crippen molar-refractivity contribution in [2.75, 3.05) is 14.2 Å². The van der Waals surface area contributed by atoms with E-state index >= 15 is 0 Å². The number of alkyl halides is 2. The van der Waals surface area contributed by atoms with Crippen LogP contribution in [0.25, 0.3) is 6.08 Å². The Hall–Kier alpha value is -3.58. The number of allylic oxidation sites excluding steroid dienone is 1. The highest BCUT2D eigenvalue weighted by Gasteiger charge is 2.13. The number of aryl methyl sites for hydroxylation is 1. The van der Waals surface area contributed by atoms with Gasteiger partial charge in [-0.3, -0.25) is 4.79 Å². The first-order chi connectivity index (χ1) is 16.3. The molecule has 0 aliphatic carbocycles. The van der Waals surface area contributed by atoms with Gasteiger partial charge in [0, 0.05) is 16.1 Å². The Morgan fingerprint density at radius 1 is 0.941 bits per heavy atom. The van der Waals surface area contributed by atoms with Crippen molar-refractivity contribution >= 4 is 23.5 Å². The normalized spacial score (nSPS) is 11.0. The topological polar surface area (TPSA) is 54.0 Å². The molecule has 0 fully saturated rings. The van der Waals surface area contributed by atoms with Gasteiger partial charge in [-0.05, 0) is 72.7 Å². The van der Waals surface area contributed by atoms with Crippen LogP contribution in [0, 0.1) is 6.92 Å². The fourth-order valence-electron chi connectivity index (χ4n) is 3.23. The number of halogens is 3. The van der Waals surface area contributed by atoms with Gasteiger partial charge in [-0.25, -0.2) is 0 Å². The molecule has 0 heterocycles. The van der Waals surface area contributed by atoms with E-state index in [2.05, 4.69) is 4.74 Å². The Bertz CT molecular complexity index is 1190. The summed E-state index contributed by atoms with van der Waals surface area (Å²) in [5, 5.41) is 0.632. The van der Waals surface area contributed by atoms with Crippen molar-refractivity contribution in [2.24, 2.45) is 0 Å². The second-order valence-corrected chi connectivity index (χ2v) is 7.65. The summed E-state index contributed by atoms with van der Waals surface area (Å²) in [4.78, 5) is 12.6. The molecule has 0 N–H and O–H groups in total. The average molecular weight is 489 g/mol. The summed E-state index contributed by atoms with van der Waals surface area (Å²) in [6.07, 6.45) is 3.03. The fraction of sp³-hybridized carbons (Fsp3) is 0.192. The first kappa shape index (κ1) is 25.1. The number of ketones is 1. The zero-order valence-electron chi connectivity index (χ0n) is 18.8. The SMILES string of the molecule is COc1ccc(/C=C/C(=O)c2ccc(OC(F)F)c(OC)c2)cc1COc1ccc(Cl)cc1C. The van der Waals surface area contributed by atoms with Crippen LogP contribution >= 0.6 is 11.6 Å². The van der Waals surface area contributed by atoms with Crippen LogP contribution < -0.4 is 18.9 Å². The van der Waals surface area contributed by atoms with Crippen LogP contribution in [0.2, 0.25) is 5.02 Å². The van der Waals surface area contributed by atoms with Gasteiger partial charge in [-0.2, -0.15) is 8.78 Å². The van der Waals surface area contributed by atoms with E-state index in [1.807, 2.05) is 19.1 Å². The molecule has 0 atom stereocenters. The minimum atomic E-state index is -2.99. The molecular weight excluding hydrogens is 466 g/mol. The zero-order valence-corrected chi connectivity index (χ0v) is 19.6. The Labute approximate surface area is 201 Å². The molecule has 0 bridgehead atoms. The van der Waals surface area contributed by atoms with Crippen LogP contribution in [0.3, 0.4) is 0 Å². The number of carbonyl (C=O) groups excluding carboxylic acids is 1. The third kappa shape index (κ3) is 6.48. The van der Waals surface area contributed by atoms with Crippen LogP contribution in [0.4, 0.5) is 8.78 Å². The first-order valence-electron chi connectivity index (χ1n) is 10.2. The average Bonchev–Trinajstić information content (AvgIpc) is 2.82. The molecule has 5 nitrogen and oxygen atoms in total. The Kier molecular flexibility index (Phi) is 8.49. The Morgan fingerprint density at radius 3 is 2.32 bits per heavy atom. The van der Waals surface area contributed by atoms with E-state index in [-0.39, 0.29) is 29.5 Å².